The Bertz CT molecular complexity index is 353. The van der Waals surface area contributed by atoms with E-state index < -0.39 is 0 Å². The molecule has 0 aliphatic carbocycles. The van der Waals surface area contributed by atoms with Crippen LogP contribution in [0.5, 0.6) is 0 Å². The Morgan fingerprint density at radius 1 is 1.35 bits per heavy atom. The highest BCUT2D eigenvalue weighted by molar-refractivity contribution is 5.51. The molecule has 0 aliphatic rings. The molecule has 0 radical (unpaired) electrons. The zero-order chi connectivity index (χ0) is 13.1. The van der Waals surface area contributed by atoms with Gasteiger partial charge in [0.2, 0.25) is 0 Å². The lowest BCUT2D eigenvalue weighted by Crippen LogP contribution is -2.36. The summed E-state index contributed by atoms with van der Waals surface area (Å²) >= 11 is 0. The Labute approximate surface area is 105 Å². The van der Waals surface area contributed by atoms with Crippen LogP contribution in [0, 0.1) is 0 Å². The fourth-order valence-electron chi connectivity index (χ4n) is 1.52. The predicted molar refractivity (Wildman–Crippen MR) is 74.4 cm³/mol. The molecule has 1 aromatic heterocycles. The summed E-state index contributed by atoms with van der Waals surface area (Å²) < 4.78 is 0. The van der Waals surface area contributed by atoms with Gasteiger partial charge in [-0.25, -0.2) is 0 Å². The first-order valence-corrected chi connectivity index (χ1v) is 6.22. The molecule has 0 aromatic carbocycles. The highest BCUT2D eigenvalue weighted by Crippen LogP contribution is 2.20. The number of pyridine rings is 1. The van der Waals surface area contributed by atoms with E-state index in [1.807, 2.05) is 12.4 Å². The molecular formula is C14H25N3. The van der Waals surface area contributed by atoms with Gasteiger partial charge in [-0.2, -0.15) is 0 Å². The van der Waals surface area contributed by atoms with Gasteiger partial charge in [0.05, 0.1) is 11.9 Å². The van der Waals surface area contributed by atoms with Crippen LogP contribution in [0.4, 0.5) is 5.69 Å². The van der Waals surface area contributed by atoms with Crippen molar-refractivity contribution in [3.8, 4) is 0 Å². The lowest BCUT2D eigenvalue weighted by Gasteiger charge is -2.27. The summed E-state index contributed by atoms with van der Waals surface area (Å²) in [5, 5.41) is 3.52. The van der Waals surface area contributed by atoms with Gasteiger partial charge in [-0.1, -0.05) is 0 Å². The maximum Gasteiger partial charge on any atom is 0.0598 e. The standard InChI is InChI=1S/C14H25N3/c1-11(2)17(6)13-10-15-8-7-12(13)9-16-14(3,4)5/h7-8,10-11,16H,9H2,1-6H3. The summed E-state index contributed by atoms with van der Waals surface area (Å²) in [6.07, 6.45) is 3.80. The minimum atomic E-state index is 0.136. The van der Waals surface area contributed by atoms with E-state index in [0.717, 1.165) is 6.54 Å². The Kier molecular flexibility index (Phi) is 4.52. The summed E-state index contributed by atoms with van der Waals surface area (Å²) in [4.78, 5) is 6.48. The topological polar surface area (TPSA) is 28.2 Å². The number of hydrogen-bond donors (Lipinski definition) is 1. The third kappa shape index (κ3) is 4.35. The van der Waals surface area contributed by atoms with E-state index in [9.17, 15) is 0 Å². The van der Waals surface area contributed by atoms with E-state index in [2.05, 4.69) is 62.9 Å². The second kappa shape index (κ2) is 5.50. The SMILES string of the molecule is CC(C)N(C)c1cnccc1CNC(C)(C)C. The van der Waals surface area contributed by atoms with Crippen LogP contribution in [0.15, 0.2) is 18.5 Å². The fraction of sp³-hybridized carbons (Fsp3) is 0.643. The highest BCUT2D eigenvalue weighted by atomic mass is 15.1. The van der Waals surface area contributed by atoms with Crippen molar-refractivity contribution in [3.05, 3.63) is 24.0 Å². The molecule has 96 valence electrons. The molecule has 1 N–H and O–H groups in total. The molecule has 17 heavy (non-hydrogen) atoms. The quantitative estimate of drug-likeness (QED) is 0.870. The fourth-order valence-corrected chi connectivity index (χ4v) is 1.52. The number of anilines is 1. The van der Waals surface area contributed by atoms with Gasteiger partial charge in [0.1, 0.15) is 0 Å². The van der Waals surface area contributed by atoms with Crippen molar-refractivity contribution in [1.82, 2.24) is 10.3 Å². The molecule has 1 heterocycles. The Morgan fingerprint density at radius 2 is 2.00 bits per heavy atom. The molecule has 0 saturated heterocycles. The minimum Gasteiger partial charge on any atom is -0.371 e. The summed E-state index contributed by atoms with van der Waals surface area (Å²) in [6, 6.07) is 2.57. The van der Waals surface area contributed by atoms with Gasteiger partial charge < -0.3 is 10.2 Å². The molecule has 0 amide bonds. The average molecular weight is 235 g/mol. The lowest BCUT2D eigenvalue weighted by atomic mass is 10.1. The third-order valence-electron chi connectivity index (χ3n) is 2.85. The van der Waals surface area contributed by atoms with E-state index in [4.69, 9.17) is 0 Å². The van der Waals surface area contributed by atoms with Crippen LogP contribution in [-0.2, 0) is 6.54 Å². The van der Waals surface area contributed by atoms with Gasteiger partial charge in [0, 0.05) is 31.4 Å². The van der Waals surface area contributed by atoms with Gasteiger partial charge >= 0.3 is 0 Å². The number of nitrogens with one attached hydrogen (secondary N) is 1. The van der Waals surface area contributed by atoms with Crippen molar-refractivity contribution in [2.75, 3.05) is 11.9 Å². The number of rotatable bonds is 4. The Balaban J connectivity index is 2.85. The second-order valence-electron chi connectivity index (χ2n) is 5.81. The molecular weight excluding hydrogens is 210 g/mol. The van der Waals surface area contributed by atoms with Gasteiger partial charge in [-0.15, -0.1) is 0 Å². The summed E-state index contributed by atoms with van der Waals surface area (Å²) in [5.74, 6) is 0. The lowest BCUT2D eigenvalue weighted by molar-refractivity contribution is 0.424. The summed E-state index contributed by atoms with van der Waals surface area (Å²) in [6.45, 7) is 11.8. The van der Waals surface area contributed by atoms with E-state index in [-0.39, 0.29) is 5.54 Å². The van der Waals surface area contributed by atoms with Crippen LogP contribution >= 0.6 is 0 Å². The zero-order valence-electron chi connectivity index (χ0n) is 11.9. The van der Waals surface area contributed by atoms with E-state index in [1.54, 1.807) is 0 Å². The molecule has 3 nitrogen and oxygen atoms in total. The molecule has 0 saturated carbocycles. The first kappa shape index (κ1) is 14.0. The maximum atomic E-state index is 4.22. The maximum absolute atomic E-state index is 4.22. The minimum absolute atomic E-state index is 0.136. The number of aromatic nitrogens is 1. The Hall–Kier alpha value is -1.09. The largest absolute Gasteiger partial charge is 0.371 e. The molecule has 0 fully saturated rings. The number of nitrogens with zero attached hydrogens (tertiary/aromatic N) is 2. The van der Waals surface area contributed by atoms with Crippen LogP contribution in [0.3, 0.4) is 0 Å². The second-order valence-corrected chi connectivity index (χ2v) is 5.81. The van der Waals surface area contributed by atoms with Gasteiger partial charge in [0.15, 0.2) is 0 Å². The normalized spacial score (nSPS) is 11.9. The Morgan fingerprint density at radius 3 is 2.53 bits per heavy atom. The first-order chi connectivity index (χ1) is 7.81. The smallest absolute Gasteiger partial charge is 0.0598 e. The predicted octanol–water partition coefficient (Wildman–Crippen LogP) is 2.81. The van der Waals surface area contributed by atoms with Gasteiger partial charge in [0.25, 0.3) is 0 Å². The molecule has 0 spiro atoms. The first-order valence-electron chi connectivity index (χ1n) is 6.22. The summed E-state index contributed by atoms with van der Waals surface area (Å²) in [5.41, 5.74) is 2.64. The van der Waals surface area contributed by atoms with E-state index >= 15 is 0 Å². The van der Waals surface area contributed by atoms with Crippen molar-refractivity contribution in [3.63, 3.8) is 0 Å². The van der Waals surface area contributed by atoms with Crippen molar-refractivity contribution in [2.45, 2.75) is 52.7 Å². The molecule has 0 bridgehead atoms. The molecule has 1 rings (SSSR count). The van der Waals surface area contributed by atoms with E-state index in [0.29, 0.717) is 6.04 Å². The van der Waals surface area contributed by atoms with Crippen LogP contribution in [0.25, 0.3) is 0 Å². The zero-order valence-corrected chi connectivity index (χ0v) is 11.9. The van der Waals surface area contributed by atoms with Crippen molar-refractivity contribution >= 4 is 5.69 Å². The molecule has 0 atom stereocenters. The average Bonchev–Trinajstić information content (AvgIpc) is 2.24. The van der Waals surface area contributed by atoms with Crippen LogP contribution in [0.1, 0.15) is 40.2 Å². The van der Waals surface area contributed by atoms with Crippen molar-refractivity contribution in [2.24, 2.45) is 0 Å². The molecule has 1 aromatic rings. The summed E-state index contributed by atoms with van der Waals surface area (Å²) in [7, 11) is 2.11. The molecule has 0 aliphatic heterocycles. The highest BCUT2D eigenvalue weighted by Gasteiger charge is 2.13. The van der Waals surface area contributed by atoms with Crippen LogP contribution in [0.2, 0.25) is 0 Å². The number of hydrogen-bond acceptors (Lipinski definition) is 3. The van der Waals surface area contributed by atoms with Gasteiger partial charge in [-0.05, 0) is 46.2 Å². The van der Waals surface area contributed by atoms with Crippen molar-refractivity contribution in [1.29, 1.82) is 0 Å². The van der Waals surface area contributed by atoms with Gasteiger partial charge in [-0.3, -0.25) is 4.98 Å². The molecule has 3 heteroatoms. The van der Waals surface area contributed by atoms with Crippen LogP contribution in [-0.4, -0.2) is 23.6 Å². The van der Waals surface area contributed by atoms with E-state index in [1.165, 1.54) is 11.3 Å². The third-order valence-corrected chi connectivity index (χ3v) is 2.85. The molecule has 0 unspecified atom stereocenters. The monoisotopic (exact) mass is 235 g/mol. The van der Waals surface area contributed by atoms with Crippen molar-refractivity contribution < 1.29 is 0 Å². The van der Waals surface area contributed by atoms with Crippen LogP contribution < -0.4 is 10.2 Å².